The molecule has 21 heavy (non-hydrogen) atoms. The van der Waals surface area contributed by atoms with Gasteiger partial charge in [0.1, 0.15) is 12.1 Å². The van der Waals surface area contributed by atoms with Crippen molar-refractivity contribution in [3.63, 3.8) is 0 Å². The summed E-state index contributed by atoms with van der Waals surface area (Å²) in [5.41, 5.74) is 0. The lowest BCUT2D eigenvalue weighted by Gasteiger charge is -2.24. The standard InChI is InChI=1S/C14H27N3O4/c1-6-17(7-2)12(18)10(5)15-14(21)16-11(13(19)20)8-9(3)4/h9-11H,6-8H2,1-5H3,(H,19,20)(H2,15,16,21). The van der Waals surface area contributed by atoms with Crippen molar-refractivity contribution in [1.29, 1.82) is 0 Å². The predicted molar refractivity (Wildman–Crippen MR) is 79.9 cm³/mol. The van der Waals surface area contributed by atoms with Crippen molar-refractivity contribution in [3.8, 4) is 0 Å². The quantitative estimate of drug-likeness (QED) is 0.624. The zero-order chi connectivity index (χ0) is 16.6. The van der Waals surface area contributed by atoms with E-state index >= 15 is 0 Å². The minimum Gasteiger partial charge on any atom is -0.480 e. The Bertz CT molecular complexity index is 367. The Morgan fingerprint density at radius 1 is 1.05 bits per heavy atom. The summed E-state index contributed by atoms with van der Waals surface area (Å²) >= 11 is 0. The van der Waals surface area contributed by atoms with Crippen LogP contribution in [0.3, 0.4) is 0 Å². The van der Waals surface area contributed by atoms with Gasteiger partial charge in [0.25, 0.3) is 0 Å². The van der Waals surface area contributed by atoms with Crippen LogP contribution in [0.5, 0.6) is 0 Å². The first-order valence-corrected chi connectivity index (χ1v) is 7.31. The fourth-order valence-electron chi connectivity index (χ4n) is 1.96. The largest absolute Gasteiger partial charge is 0.480 e. The van der Waals surface area contributed by atoms with Gasteiger partial charge in [-0.15, -0.1) is 0 Å². The van der Waals surface area contributed by atoms with Crippen LogP contribution in [-0.4, -0.2) is 53.1 Å². The SMILES string of the molecule is CCN(CC)C(=O)C(C)NC(=O)NC(CC(C)C)C(=O)O. The molecule has 7 heteroatoms. The minimum atomic E-state index is -1.08. The summed E-state index contributed by atoms with van der Waals surface area (Å²) in [6, 6.07) is -2.30. The van der Waals surface area contributed by atoms with Crippen molar-refractivity contribution < 1.29 is 19.5 Å². The van der Waals surface area contributed by atoms with Crippen LogP contribution in [0, 0.1) is 5.92 Å². The molecule has 0 heterocycles. The van der Waals surface area contributed by atoms with E-state index in [9.17, 15) is 14.4 Å². The molecule has 0 saturated heterocycles. The number of rotatable bonds is 8. The fourth-order valence-corrected chi connectivity index (χ4v) is 1.96. The van der Waals surface area contributed by atoms with E-state index in [1.807, 2.05) is 27.7 Å². The Kier molecular flexibility index (Phi) is 8.42. The first kappa shape index (κ1) is 19.2. The number of urea groups is 1. The molecule has 0 fully saturated rings. The monoisotopic (exact) mass is 301 g/mol. The Labute approximate surface area is 126 Å². The Hall–Kier alpha value is -1.79. The molecule has 0 aliphatic heterocycles. The third kappa shape index (κ3) is 6.97. The van der Waals surface area contributed by atoms with Gasteiger partial charge in [-0.3, -0.25) is 4.79 Å². The molecule has 0 saturated carbocycles. The van der Waals surface area contributed by atoms with Gasteiger partial charge in [0, 0.05) is 13.1 Å². The van der Waals surface area contributed by atoms with Crippen LogP contribution in [0.1, 0.15) is 41.0 Å². The molecule has 0 bridgehead atoms. The van der Waals surface area contributed by atoms with Gasteiger partial charge in [-0.1, -0.05) is 13.8 Å². The van der Waals surface area contributed by atoms with Crippen LogP contribution in [0.15, 0.2) is 0 Å². The van der Waals surface area contributed by atoms with Crippen LogP contribution < -0.4 is 10.6 Å². The van der Waals surface area contributed by atoms with E-state index in [0.717, 1.165) is 0 Å². The highest BCUT2D eigenvalue weighted by molar-refractivity contribution is 5.88. The second-order valence-corrected chi connectivity index (χ2v) is 5.37. The Morgan fingerprint density at radius 3 is 1.95 bits per heavy atom. The van der Waals surface area contributed by atoms with E-state index < -0.39 is 24.1 Å². The van der Waals surface area contributed by atoms with Crippen LogP contribution >= 0.6 is 0 Å². The van der Waals surface area contributed by atoms with Crippen molar-refractivity contribution in [2.24, 2.45) is 5.92 Å². The zero-order valence-electron chi connectivity index (χ0n) is 13.5. The number of amides is 3. The van der Waals surface area contributed by atoms with Crippen molar-refractivity contribution in [2.75, 3.05) is 13.1 Å². The number of hydrogen-bond donors (Lipinski definition) is 3. The zero-order valence-corrected chi connectivity index (χ0v) is 13.5. The molecule has 0 aromatic rings. The maximum atomic E-state index is 12.0. The molecule has 7 nitrogen and oxygen atoms in total. The van der Waals surface area contributed by atoms with Gasteiger partial charge < -0.3 is 20.6 Å². The number of carboxylic acids is 1. The molecule has 122 valence electrons. The summed E-state index contributed by atoms with van der Waals surface area (Å²) in [7, 11) is 0. The highest BCUT2D eigenvalue weighted by Crippen LogP contribution is 2.05. The van der Waals surface area contributed by atoms with E-state index in [-0.39, 0.29) is 11.8 Å². The maximum Gasteiger partial charge on any atom is 0.326 e. The van der Waals surface area contributed by atoms with E-state index in [2.05, 4.69) is 10.6 Å². The summed E-state index contributed by atoms with van der Waals surface area (Å²) in [5, 5.41) is 13.9. The summed E-state index contributed by atoms with van der Waals surface area (Å²) in [6.07, 6.45) is 0.334. The number of hydrogen-bond acceptors (Lipinski definition) is 3. The third-order valence-corrected chi connectivity index (χ3v) is 3.10. The van der Waals surface area contributed by atoms with E-state index in [1.54, 1.807) is 11.8 Å². The molecule has 0 radical (unpaired) electrons. The van der Waals surface area contributed by atoms with E-state index in [1.165, 1.54) is 0 Å². The number of aliphatic carboxylic acids is 1. The van der Waals surface area contributed by atoms with Gasteiger partial charge in [0.05, 0.1) is 0 Å². The van der Waals surface area contributed by atoms with Crippen LogP contribution in [0.25, 0.3) is 0 Å². The molecule has 3 N–H and O–H groups in total. The van der Waals surface area contributed by atoms with Crippen LogP contribution in [0.4, 0.5) is 4.79 Å². The minimum absolute atomic E-state index is 0.140. The van der Waals surface area contributed by atoms with Crippen molar-refractivity contribution in [1.82, 2.24) is 15.5 Å². The van der Waals surface area contributed by atoms with Gasteiger partial charge in [0.15, 0.2) is 0 Å². The smallest absolute Gasteiger partial charge is 0.326 e. The molecule has 0 aromatic heterocycles. The number of likely N-dealkylation sites (N-methyl/N-ethyl adjacent to an activating group) is 1. The van der Waals surface area contributed by atoms with Crippen LogP contribution in [0.2, 0.25) is 0 Å². The Balaban J connectivity index is 4.53. The lowest BCUT2D eigenvalue weighted by atomic mass is 10.0. The number of nitrogens with zero attached hydrogens (tertiary/aromatic N) is 1. The summed E-state index contributed by atoms with van der Waals surface area (Å²) < 4.78 is 0. The molecular weight excluding hydrogens is 274 g/mol. The van der Waals surface area contributed by atoms with E-state index in [0.29, 0.717) is 19.5 Å². The Morgan fingerprint density at radius 2 is 1.57 bits per heavy atom. The lowest BCUT2D eigenvalue weighted by Crippen LogP contribution is -2.53. The van der Waals surface area contributed by atoms with Gasteiger partial charge in [-0.05, 0) is 33.1 Å². The number of carbonyl (C=O) groups excluding carboxylic acids is 2. The number of carboxylic acid groups (broad SMARTS) is 1. The normalized spacial score (nSPS) is 13.4. The average Bonchev–Trinajstić information content (AvgIpc) is 2.38. The molecule has 3 amide bonds. The van der Waals surface area contributed by atoms with Crippen molar-refractivity contribution in [3.05, 3.63) is 0 Å². The highest BCUT2D eigenvalue weighted by Gasteiger charge is 2.24. The summed E-state index contributed by atoms with van der Waals surface area (Å²) in [6.45, 7) is 10.2. The van der Waals surface area contributed by atoms with E-state index in [4.69, 9.17) is 5.11 Å². The summed E-state index contributed by atoms with van der Waals surface area (Å²) in [4.78, 5) is 36.5. The maximum absolute atomic E-state index is 12.0. The predicted octanol–water partition coefficient (Wildman–Crippen LogP) is 1.04. The molecular formula is C14H27N3O4. The second-order valence-electron chi connectivity index (χ2n) is 5.37. The molecule has 0 spiro atoms. The molecule has 2 atom stereocenters. The second kappa shape index (κ2) is 9.20. The first-order chi connectivity index (χ1) is 9.72. The fraction of sp³-hybridized carbons (Fsp3) is 0.786. The van der Waals surface area contributed by atoms with Gasteiger partial charge in [0.2, 0.25) is 5.91 Å². The number of nitrogens with one attached hydrogen (secondary N) is 2. The van der Waals surface area contributed by atoms with Gasteiger partial charge in [-0.2, -0.15) is 0 Å². The van der Waals surface area contributed by atoms with Gasteiger partial charge >= 0.3 is 12.0 Å². The van der Waals surface area contributed by atoms with Gasteiger partial charge in [-0.25, -0.2) is 9.59 Å². The molecule has 0 aromatic carbocycles. The molecule has 2 unspecified atom stereocenters. The summed E-state index contributed by atoms with van der Waals surface area (Å²) in [5.74, 6) is -1.13. The van der Waals surface area contributed by atoms with Crippen molar-refractivity contribution in [2.45, 2.75) is 53.1 Å². The first-order valence-electron chi connectivity index (χ1n) is 7.31. The third-order valence-electron chi connectivity index (χ3n) is 3.10. The lowest BCUT2D eigenvalue weighted by molar-refractivity contribution is -0.139. The topological polar surface area (TPSA) is 98.7 Å². The molecule has 0 aliphatic carbocycles. The molecule has 0 aliphatic rings. The highest BCUT2D eigenvalue weighted by atomic mass is 16.4. The van der Waals surface area contributed by atoms with Crippen molar-refractivity contribution >= 4 is 17.9 Å². The average molecular weight is 301 g/mol. The number of carbonyl (C=O) groups is 3. The van der Waals surface area contributed by atoms with Crippen LogP contribution in [-0.2, 0) is 9.59 Å². The molecule has 0 rings (SSSR count).